The summed E-state index contributed by atoms with van der Waals surface area (Å²) in [6.07, 6.45) is 1.22. The van der Waals surface area contributed by atoms with E-state index in [1.54, 1.807) is 13.2 Å². The van der Waals surface area contributed by atoms with Crippen LogP contribution in [0.25, 0.3) is 0 Å². The summed E-state index contributed by atoms with van der Waals surface area (Å²) < 4.78 is 5.51. The van der Waals surface area contributed by atoms with Gasteiger partial charge in [0.1, 0.15) is 23.5 Å². The van der Waals surface area contributed by atoms with Crippen molar-refractivity contribution in [1.29, 1.82) is 0 Å². The van der Waals surface area contributed by atoms with Gasteiger partial charge in [-0.2, -0.15) is 0 Å². The molecule has 4 fully saturated rings. The molecule has 5 heterocycles. The van der Waals surface area contributed by atoms with Crippen LogP contribution in [-0.4, -0.2) is 87.3 Å². The summed E-state index contributed by atoms with van der Waals surface area (Å²) in [5, 5.41) is 24.0. The number of aliphatic hydroxyl groups is 2. The molecule has 0 aliphatic carbocycles. The minimum Gasteiger partial charge on any atom is -0.497 e. The Hall–Kier alpha value is -2.66. The summed E-state index contributed by atoms with van der Waals surface area (Å²) in [6, 6.07) is 3.78. The molecule has 0 saturated carbocycles. The Bertz CT molecular complexity index is 1180. The van der Waals surface area contributed by atoms with Crippen molar-refractivity contribution >= 4 is 17.5 Å². The van der Waals surface area contributed by atoms with Crippen molar-refractivity contribution in [2.75, 3.05) is 18.6 Å². The summed E-state index contributed by atoms with van der Waals surface area (Å²) in [5.74, 6) is -0.973. The first-order valence-corrected chi connectivity index (χ1v) is 13.0. The van der Waals surface area contributed by atoms with Gasteiger partial charge in [-0.25, -0.2) is 9.78 Å². The van der Waals surface area contributed by atoms with Crippen LogP contribution in [0.2, 0.25) is 0 Å². The number of amides is 2. The fourth-order valence-corrected chi connectivity index (χ4v) is 7.13. The minimum absolute atomic E-state index is 0.290. The van der Waals surface area contributed by atoms with E-state index in [2.05, 4.69) is 0 Å². The highest BCUT2D eigenvalue weighted by Gasteiger charge is 2.71. The molecule has 7 atom stereocenters. The fourth-order valence-electron chi connectivity index (χ4n) is 7.13. The Morgan fingerprint density at radius 1 is 1.24 bits per heavy atom. The highest BCUT2D eigenvalue weighted by molar-refractivity contribution is 6.00. The SMILES string of the molecule is COc1ccc2c(c1)N1C(C=C(C)C)OOC(C)(C)CC3C1C2C(O)[C@@]1(O)C(=O)N2CCCC2C(=O)N31. The lowest BCUT2D eigenvalue weighted by Gasteiger charge is -2.60. The Morgan fingerprint density at radius 2 is 2.00 bits per heavy atom. The monoisotopic (exact) mass is 513 g/mol. The summed E-state index contributed by atoms with van der Waals surface area (Å²) in [5.41, 5.74) is -0.723. The van der Waals surface area contributed by atoms with Crippen LogP contribution < -0.4 is 9.64 Å². The maximum Gasteiger partial charge on any atom is 0.279 e. The lowest BCUT2D eigenvalue weighted by Crippen LogP contribution is -2.82. The minimum atomic E-state index is -2.38. The predicted octanol–water partition coefficient (Wildman–Crippen LogP) is 1.66. The zero-order valence-electron chi connectivity index (χ0n) is 21.9. The third-order valence-electron chi connectivity index (χ3n) is 8.58. The first kappa shape index (κ1) is 24.7. The van der Waals surface area contributed by atoms with Gasteiger partial charge in [0, 0.05) is 30.6 Å². The standard InChI is InChI=1S/C27H35N3O7/c1-14(2)11-20-29-18-12-15(35-5)8-9-16(18)21-22(29)19(13-26(3,4)37-36-20)30-24(32)17-7-6-10-28(17)25(33)27(30,34)23(21)31/h8-9,11-12,17,19-23,31,34H,6-7,10,13H2,1-5H3/t17?,19?,20?,21?,22?,23?,27-/m1/s1. The van der Waals surface area contributed by atoms with E-state index in [4.69, 9.17) is 14.5 Å². The predicted molar refractivity (Wildman–Crippen MR) is 132 cm³/mol. The highest BCUT2D eigenvalue weighted by atomic mass is 17.2. The topological polar surface area (TPSA) is 112 Å². The largest absolute Gasteiger partial charge is 0.497 e. The van der Waals surface area contributed by atoms with Gasteiger partial charge in [0.2, 0.25) is 11.6 Å². The second-order valence-electron chi connectivity index (χ2n) is 11.7. The van der Waals surface area contributed by atoms with Crippen molar-refractivity contribution in [1.82, 2.24) is 9.80 Å². The number of methoxy groups -OCH3 is 1. The molecule has 0 aromatic heterocycles. The first-order valence-electron chi connectivity index (χ1n) is 13.0. The van der Waals surface area contributed by atoms with Crippen LogP contribution in [0.4, 0.5) is 5.69 Å². The summed E-state index contributed by atoms with van der Waals surface area (Å²) in [7, 11) is 1.58. The number of allylic oxidation sites excluding steroid dienone is 1. The number of benzene rings is 1. The molecule has 2 N–H and O–H groups in total. The number of piperazine rings is 1. The molecule has 1 aromatic carbocycles. The van der Waals surface area contributed by atoms with Crippen molar-refractivity contribution in [2.24, 2.45) is 0 Å². The van der Waals surface area contributed by atoms with Crippen LogP contribution in [0.5, 0.6) is 5.75 Å². The number of aliphatic hydroxyl groups excluding tert-OH is 1. The normalized spacial score (nSPS) is 37.8. The summed E-state index contributed by atoms with van der Waals surface area (Å²) >= 11 is 0. The van der Waals surface area contributed by atoms with Crippen LogP contribution in [0.15, 0.2) is 29.8 Å². The van der Waals surface area contributed by atoms with Crippen molar-refractivity contribution in [3.05, 3.63) is 35.4 Å². The molecule has 37 heavy (non-hydrogen) atoms. The molecule has 0 radical (unpaired) electrons. The molecular weight excluding hydrogens is 478 g/mol. The lowest BCUT2D eigenvalue weighted by atomic mass is 9.71. The molecule has 200 valence electrons. The van der Waals surface area contributed by atoms with Gasteiger partial charge in [-0.05, 0) is 58.2 Å². The van der Waals surface area contributed by atoms with E-state index in [1.807, 2.05) is 50.8 Å². The number of piperidine rings is 1. The second-order valence-corrected chi connectivity index (χ2v) is 11.7. The summed E-state index contributed by atoms with van der Waals surface area (Å²) in [6.45, 7) is 8.04. The number of fused-ring (bicyclic) bond motifs is 6. The number of nitrogens with zero attached hydrogens (tertiary/aromatic N) is 3. The Balaban J connectivity index is 1.60. The maximum absolute atomic E-state index is 14.0. The van der Waals surface area contributed by atoms with E-state index in [1.165, 1.54) is 9.80 Å². The van der Waals surface area contributed by atoms with Gasteiger partial charge < -0.3 is 24.7 Å². The van der Waals surface area contributed by atoms with Gasteiger partial charge in [0.25, 0.3) is 5.91 Å². The Labute approximate surface area is 216 Å². The zero-order valence-corrected chi connectivity index (χ0v) is 21.9. The molecule has 2 amide bonds. The zero-order chi connectivity index (χ0) is 26.4. The van der Waals surface area contributed by atoms with Gasteiger partial charge in [0.15, 0.2) is 6.23 Å². The quantitative estimate of drug-likeness (QED) is 0.454. The molecule has 6 rings (SSSR count). The molecular formula is C27H35N3O7. The van der Waals surface area contributed by atoms with Gasteiger partial charge in [-0.3, -0.25) is 14.5 Å². The molecule has 10 heteroatoms. The van der Waals surface area contributed by atoms with E-state index in [9.17, 15) is 19.8 Å². The van der Waals surface area contributed by atoms with E-state index < -0.39 is 53.6 Å². The molecule has 5 aliphatic heterocycles. The fraction of sp³-hybridized carbons (Fsp3) is 0.630. The van der Waals surface area contributed by atoms with Gasteiger partial charge in [-0.15, -0.1) is 0 Å². The number of carbonyl (C=O) groups excluding carboxylic acids is 2. The molecule has 1 aromatic rings. The third kappa shape index (κ3) is 3.32. The van der Waals surface area contributed by atoms with Crippen molar-refractivity contribution in [2.45, 2.75) is 94.7 Å². The number of hydrogen-bond donors (Lipinski definition) is 2. The van der Waals surface area contributed by atoms with Crippen LogP contribution in [-0.2, 0) is 19.4 Å². The van der Waals surface area contributed by atoms with E-state index in [0.717, 1.165) is 16.8 Å². The Morgan fingerprint density at radius 3 is 2.70 bits per heavy atom. The number of hydrogen-bond acceptors (Lipinski definition) is 8. The van der Waals surface area contributed by atoms with E-state index in [-0.39, 0.29) is 12.3 Å². The van der Waals surface area contributed by atoms with Crippen LogP contribution >= 0.6 is 0 Å². The van der Waals surface area contributed by atoms with Crippen LogP contribution in [0.3, 0.4) is 0 Å². The van der Waals surface area contributed by atoms with Gasteiger partial charge in [-0.1, -0.05) is 11.6 Å². The first-order chi connectivity index (χ1) is 17.5. The van der Waals surface area contributed by atoms with Crippen LogP contribution in [0.1, 0.15) is 58.4 Å². The molecule has 6 unspecified atom stereocenters. The number of carbonyl (C=O) groups is 2. The molecule has 10 nitrogen and oxygen atoms in total. The van der Waals surface area contributed by atoms with Crippen LogP contribution in [0, 0.1) is 0 Å². The van der Waals surface area contributed by atoms with Crippen molar-refractivity contribution < 1.29 is 34.3 Å². The number of anilines is 1. The van der Waals surface area contributed by atoms with Gasteiger partial charge in [0.05, 0.1) is 19.2 Å². The Kier molecular flexibility index (Phi) is 5.44. The second kappa shape index (κ2) is 8.17. The lowest BCUT2D eigenvalue weighted by molar-refractivity contribution is -0.380. The number of ether oxygens (including phenoxy) is 1. The van der Waals surface area contributed by atoms with Crippen molar-refractivity contribution in [3.8, 4) is 5.75 Å². The maximum atomic E-state index is 14.0. The van der Waals surface area contributed by atoms with Gasteiger partial charge >= 0.3 is 0 Å². The molecule has 0 spiro atoms. The van der Waals surface area contributed by atoms with Crippen molar-refractivity contribution in [3.63, 3.8) is 0 Å². The third-order valence-corrected chi connectivity index (χ3v) is 8.58. The van der Waals surface area contributed by atoms with E-state index in [0.29, 0.717) is 25.1 Å². The highest BCUT2D eigenvalue weighted by Crippen LogP contribution is 2.56. The molecule has 5 aliphatic rings. The molecule has 4 saturated heterocycles. The summed E-state index contributed by atoms with van der Waals surface area (Å²) in [4.78, 5) is 44.6. The molecule has 0 bridgehead atoms. The smallest absolute Gasteiger partial charge is 0.279 e. The number of rotatable bonds is 2. The average Bonchev–Trinajstić information content (AvgIpc) is 3.46. The van der Waals surface area contributed by atoms with E-state index >= 15 is 0 Å². The average molecular weight is 514 g/mol.